The normalized spacial score (nSPS) is 10.4. The molecule has 0 spiro atoms. The number of benzene rings is 1. The number of carbonyl (C=O) groups excluding carboxylic acids is 1. The largest absolute Gasteiger partial charge is 0.326 e. The summed E-state index contributed by atoms with van der Waals surface area (Å²) in [5.74, 6) is -0.0809. The molecule has 3 aromatic rings. The highest BCUT2D eigenvalue weighted by Gasteiger charge is 2.06. The molecular formula is C19H18N4O2. The molecule has 0 bridgehead atoms. The van der Waals surface area contributed by atoms with E-state index in [1.165, 1.54) is 10.7 Å². The molecule has 2 aromatic heterocycles. The van der Waals surface area contributed by atoms with E-state index in [0.717, 1.165) is 11.3 Å². The molecule has 126 valence electrons. The van der Waals surface area contributed by atoms with Crippen LogP contribution in [0.5, 0.6) is 0 Å². The van der Waals surface area contributed by atoms with Crippen molar-refractivity contribution in [3.8, 4) is 11.3 Å². The summed E-state index contributed by atoms with van der Waals surface area (Å²) < 4.78 is 1.39. The highest BCUT2D eigenvalue weighted by atomic mass is 16.1. The monoisotopic (exact) mass is 334 g/mol. The molecule has 6 heteroatoms. The number of amides is 1. The van der Waals surface area contributed by atoms with Gasteiger partial charge in [0.15, 0.2) is 0 Å². The fourth-order valence-electron chi connectivity index (χ4n) is 2.41. The second kappa shape index (κ2) is 8.01. The van der Waals surface area contributed by atoms with Crippen molar-refractivity contribution < 1.29 is 4.79 Å². The molecule has 0 aliphatic carbocycles. The molecule has 3 rings (SSSR count). The lowest BCUT2D eigenvalue weighted by Gasteiger charge is -2.08. The first kappa shape index (κ1) is 16.6. The van der Waals surface area contributed by atoms with Gasteiger partial charge >= 0.3 is 0 Å². The lowest BCUT2D eigenvalue weighted by Crippen LogP contribution is -2.23. The first-order valence-electron chi connectivity index (χ1n) is 8.06. The number of pyridine rings is 1. The first-order chi connectivity index (χ1) is 12.2. The lowest BCUT2D eigenvalue weighted by atomic mass is 10.2. The Morgan fingerprint density at radius 3 is 2.64 bits per heavy atom. The van der Waals surface area contributed by atoms with Gasteiger partial charge in [-0.25, -0.2) is 4.68 Å². The van der Waals surface area contributed by atoms with Crippen LogP contribution >= 0.6 is 0 Å². The average molecular weight is 334 g/mol. The zero-order valence-electron chi connectivity index (χ0n) is 13.6. The van der Waals surface area contributed by atoms with Crippen molar-refractivity contribution in [2.24, 2.45) is 0 Å². The summed E-state index contributed by atoms with van der Waals surface area (Å²) >= 11 is 0. The van der Waals surface area contributed by atoms with Gasteiger partial charge in [0.1, 0.15) is 0 Å². The van der Waals surface area contributed by atoms with E-state index < -0.39 is 0 Å². The third-order valence-corrected chi connectivity index (χ3v) is 3.66. The molecule has 0 saturated heterocycles. The van der Waals surface area contributed by atoms with E-state index in [9.17, 15) is 9.59 Å². The molecule has 1 aromatic carbocycles. The number of aromatic nitrogens is 3. The number of hydrogen-bond donors (Lipinski definition) is 1. The van der Waals surface area contributed by atoms with Crippen molar-refractivity contribution in [3.63, 3.8) is 0 Å². The number of hydrogen-bond acceptors (Lipinski definition) is 4. The standard InChI is InChI=1S/C19H18N4O2/c24-18(21-16-7-2-1-3-8-16)9-5-13-23-19(25)11-10-17(22-23)15-6-4-12-20-14-15/h1-4,6-8,10-12,14H,5,9,13H2,(H,21,24). The predicted octanol–water partition coefficient (Wildman–Crippen LogP) is 2.72. The summed E-state index contributed by atoms with van der Waals surface area (Å²) in [4.78, 5) is 28.0. The maximum Gasteiger partial charge on any atom is 0.266 e. The Labute approximate surface area is 145 Å². The molecule has 2 heterocycles. The van der Waals surface area contributed by atoms with Gasteiger partial charge in [0, 0.05) is 42.7 Å². The highest BCUT2D eigenvalue weighted by molar-refractivity contribution is 5.90. The molecule has 0 atom stereocenters. The van der Waals surface area contributed by atoms with Gasteiger partial charge in [-0.05, 0) is 36.8 Å². The third-order valence-electron chi connectivity index (χ3n) is 3.66. The smallest absolute Gasteiger partial charge is 0.266 e. The second-order valence-corrected chi connectivity index (χ2v) is 5.54. The summed E-state index contributed by atoms with van der Waals surface area (Å²) in [7, 11) is 0. The van der Waals surface area contributed by atoms with Crippen LogP contribution in [0.4, 0.5) is 5.69 Å². The van der Waals surface area contributed by atoms with E-state index in [1.54, 1.807) is 18.5 Å². The fourth-order valence-corrected chi connectivity index (χ4v) is 2.41. The second-order valence-electron chi connectivity index (χ2n) is 5.54. The first-order valence-corrected chi connectivity index (χ1v) is 8.06. The zero-order valence-corrected chi connectivity index (χ0v) is 13.6. The van der Waals surface area contributed by atoms with E-state index in [1.807, 2.05) is 42.5 Å². The Balaban J connectivity index is 1.59. The Kier molecular flexibility index (Phi) is 5.31. The van der Waals surface area contributed by atoms with Crippen molar-refractivity contribution in [1.29, 1.82) is 0 Å². The van der Waals surface area contributed by atoms with E-state index in [0.29, 0.717) is 25.1 Å². The van der Waals surface area contributed by atoms with E-state index in [4.69, 9.17) is 0 Å². The van der Waals surface area contributed by atoms with Crippen LogP contribution in [-0.4, -0.2) is 20.7 Å². The minimum absolute atomic E-state index is 0.0809. The van der Waals surface area contributed by atoms with Gasteiger partial charge in [-0.1, -0.05) is 18.2 Å². The SMILES string of the molecule is O=C(CCCn1nc(-c2cccnc2)ccc1=O)Nc1ccccc1. The Morgan fingerprint density at radius 2 is 1.88 bits per heavy atom. The van der Waals surface area contributed by atoms with Gasteiger partial charge in [0.05, 0.1) is 5.69 Å². The number of nitrogens with one attached hydrogen (secondary N) is 1. The summed E-state index contributed by atoms with van der Waals surface area (Å²) in [5.41, 5.74) is 2.11. The maximum absolute atomic E-state index is 12.0. The van der Waals surface area contributed by atoms with Crippen molar-refractivity contribution in [1.82, 2.24) is 14.8 Å². The number of para-hydroxylation sites is 1. The molecule has 1 amide bonds. The summed E-state index contributed by atoms with van der Waals surface area (Å²) in [6.45, 7) is 0.384. The molecule has 0 saturated carbocycles. The Bertz CT molecular complexity index is 892. The van der Waals surface area contributed by atoms with Gasteiger partial charge < -0.3 is 5.32 Å². The van der Waals surface area contributed by atoms with Crippen LogP contribution in [0.3, 0.4) is 0 Å². The number of rotatable bonds is 6. The predicted molar refractivity (Wildman–Crippen MR) is 96.0 cm³/mol. The van der Waals surface area contributed by atoms with E-state index >= 15 is 0 Å². The van der Waals surface area contributed by atoms with Gasteiger partial charge in [0.25, 0.3) is 5.56 Å². The molecule has 0 unspecified atom stereocenters. The Morgan fingerprint density at radius 1 is 1.04 bits per heavy atom. The molecule has 6 nitrogen and oxygen atoms in total. The van der Waals surface area contributed by atoms with Gasteiger partial charge in [-0.3, -0.25) is 14.6 Å². The van der Waals surface area contributed by atoms with Crippen LogP contribution < -0.4 is 10.9 Å². The molecule has 0 aliphatic heterocycles. The molecule has 0 aliphatic rings. The highest BCUT2D eigenvalue weighted by Crippen LogP contribution is 2.13. The molecule has 25 heavy (non-hydrogen) atoms. The quantitative estimate of drug-likeness (QED) is 0.752. The van der Waals surface area contributed by atoms with Crippen molar-refractivity contribution in [2.75, 3.05) is 5.32 Å². The average Bonchev–Trinajstić information content (AvgIpc) is 2.65. The van der Waals surface area contributed by atoms with Gasteiger partial charge in [-0.2, -0.15) is 5.10 Å². The van der Waals surface area contributed by atoms with Crippen LogP contribution in [0.2, 0.25) is 0 Å². The fraction of sp³-hybridized carbons (Fsp3) is 0.158. The van der Waals surface area contributed by atoms with Crippen molar-refractivity contribution >= 4 is 11.6 Å². The zero-order chi connectivity index (χ0) is 17.5. The summed E-state index contributed by atoms with van der Waals surface area (Å²) in [6, 6.07) is 16.2. The minimum Gasteiger partial charge on any atom is -0.326 e. The van der Waals surface area contributed by atoms with E-state index in [-0.39, 0.29) is 11.5 Å². The van der Waals surface area contributed by atoms with Crippen LogP contribution in [-0.2, 0) is 11.3 Å². The molecule has 0 fully saturated rings. The van der Waals surface area contributed by atoms with Crippen LogP contribution in [0, 0.1) is 0 Å². The molecule has 0 radical (unpaired) electrons. The van der Waals surface area contributed by atoms with Crippen LogP contribution in [0.15, 0.2) is 71.8 Å². The van der Waals surface area contributed by atoms with Crippen LogP contribution in [0.1, 0.15) is 12.8 Å². The lowest BCUT2D eigenvalue weighted by molar-refractivity contribution is -0.116. The summed E-state index contributed by atoms with van der Waals surface area (Å²) in [5, 5.41) is 7.18. The maximum atomic E-state index is 12.0. The minimum atomic E-state index is -0.184. The number of carbonyl (C=O) groups is 1. The number of nitrogens with zero attached hydrogens (tertiary/aromatic N) is 3. The Hall–Kier alpha value is -3.28. The van der Waals surface area contributed by atoms with Gasteiger partial charge in [-0.15, -0.1) is 0 Å². The van der Waals surface area contributed by atoms with Gasteiger partial charge in [0.2, 0.25) is 5.91 Å². The van der Waals surface area contributed by atoms with E-state index in [2.05, 4.69) is 15.4 Å². The molecule has 1 N–H and O–H groups in total. The third kappa shape index (κ3) is 4.60. The topological polar surface area (TPSA) is 76.9 Å². The number of aryl methyl sites for hydroxylation is 1. The summed E-state index contributed by atoms with van der Waals surface area (Å²) in [6.07, 6.45) is 4.23. The number of anilines is 1. The molecular weight excluding hydrogens is 316 g/mol. The van der Waals surface area contributed by atoms with Crippen LogP contribution in [0.25, 0.3) is 11.3 Å². The van der Waals surface area contributed by atoms with Crippen molar-refractivity contribution in [3.05, 3.63) is 77.3 Å². The van der Waals surface area contributed by atoms with Crippen molar-refractivity contribution in [2.45, 2.75) is 19.4 Å².